The number of para-hydroxylation sites is 1. The topological polar surface area (TPSA) is 63.2 Å². The lowest BCUT2D eigenvalue weighted by Gasteiger charge is -2.20. The number of anilines is 1. The van der Waals surface area contributed by atoms with Crippen LogP contribution in [0.2, 0.25) is 5.02 Å². The fraction of sp³-hybridized carbons (Fsp3) is 0.294. The number of benzene rings is 1. The number of urea groups is 1. The summed E-state index contributed by atoms with van der Waals surface area (Å²) in [5, 5.41) is 5.85. The Labute approximate surface area is 141 Å². The van der Waals surface area contributed by atoms with Crippen molar-refractivity contribution in [3.8, 4) is 5.75 Å². The highest BCUT2D eigenvalue weighted by atomic mass is 35.5. The molecule has 0 fully saturated rings. The number of hydrogen-bond acceptors (Lipinski definition) is 3. The van der Waals surface area contributed by atoms with E-state index in [1.165, 1.54) is 6.20 Å². The van der Waals surface area contributed by atoms with Crippen molar-refractivity contribution in [1.29, 1.82) is 0 Å². The zero-order valence-electron chi connectivity index (χ0n) is 13.3. The van der Waals surface area contributed by atoms with Crippen LogP contribution in [-0.4, -0.2) is 17.2 Å². The van der Waals surface area contributed by atoms with E-state index in [-0.39, 0.29) is 0 Å². The van der Waals surface area contributed by atoms with Crippen molar-refractivity contribution < 1.29 is 9.53 Å². The molecule has 5 nitrogen and oxygen atoms in total. The Morgan fingerprint density at radius 1 is 1.17 bits per heavy atom. The smallest absolute Gasteiger partial charge is 0.323 e. The summed E-state index contributed by atoms with van der Waals surface area (Å²) in [6.07, 6.45) is 0.984. The van der Waals surface area contributed by atoms with Gasteiger partial charge < -0.3 is 10.1 Å². The average molecular weight is 334 g/mol. The summed E-state index contributed by atoms with van der Waals surface area (Å²) in [6, 6.07) is 10.7. The van der Waals surface area contributed by atoms with Gasteiger partial charge in [-0.05, 0) is 36.6 Å². The van der Waals surface area contributed by atoms with Crippen LogP contribution in [0.25, 0.3) is 0 Å². The van der Waals surface area contributed by atoms with Crippen molar-refractivity contribution in [3.05, 3.63) is 53.2 Å². The van der Waals surface area contributed by atoms with Gasteiger partial charge in [0, 0.05) is 6.20 Å². The normalized spacial score (nSPS) is 11.9. The highest BCUT2D eigenvalue weighted by molar-refractivity contribution is 6.30. The number of aromatic nitrogens is 1. The van der Waals surface area contributed by atoms with Crippen LogP contribution in [0.15, 0.2) is 42.6 Å². The predicted octanol–water partition coefficient (Wildman–Crippen LogP) is 4.40. The molecule has 0 saturated heterocycles. The summed E-state index contributed by atoms with van der Waals surface area (Å²) in [5.74, 6) is 1.52. The van der Waals surface area contributed by atoms with Gasteiger partial charge in [0.25, 0.3) is 0 Å². The first kappa shape index (κ1) is 17.1. The van der Waals surface area contributed by atoms with Crippen LogP contribution in [0.4, 0.5) is 10.6 Å². The lowest BCUT2D eigenvalue weighted by molar-refractivity contribution is 0.181. The third-order valence-electron chi connectivity index (χ3n) is 3.15. The van der Waals surface area contributed by atoms with Crippen LogP contribution in [0, 0.1) is 0 Å². The van der Waals surface area contributed by atoms with Gasteiger partial charge in [0.15, 0.2) is 6.23 Å². The van der Waals surface area contributed by atoms with Crippen molar-refractivity contribution in [1.82, 2.24) is 10.3 Å². The van der Waals surface area contributed by atoms with Crippen molar-refractivity contribution in [3.63, 3.8) is 0 Å². The van der Waals surface area contributed by atoms with Crippen LogP contribution in [-0.2, 0) is 0 Å². The van der Waals surface area contributed by atoms with E-state index >= 15 is 0 Å². The molecule has 1 heterocycles. The summed E-state index contributed by atoms with van der Waals surface area (Å²) < 4.78 is 5.82. The molecule has 0 aliphatic rings. The molecule has 0 saturated carbocycles. The van der Waals surface area contributed by atoms with Gasteiger partial charge in [0.1, 0.15) is 11.6 Å². The summed E-state index contributed by atoms with van der Waals surface area (Å²) in [6.45, 7) is 5.96. The molecule has 2 amide bonds. The van der Waals surface area contributed by atoms with Gasteiger partial charge in [-0.1, -0.05) is 43.6 Å². The molecule has 1 aromatic heterocycles. The van der Waals surface area contributed by atoms with Gasteiger partial charge in [0.05, 0.1) is 5.02 Å². The maximum absolute atomic E-state index is 11.9. The van der Waals surface area contributed by atoms with Gasteiger partial charge in [-0.25, -0.2) is 9.78 Å². The summed E-state index contributed by atoms with van der Waals surface area (Å²) in [5.41, 5.74) is 1.10. The van der Waals surface area contributed by atoms with E-state index in [0.717, 1.165) is 11.3 Å². The Hall–Kier alpha value is -2.27. The Bertz CT molecular complexity index is 659. The van der Waals surface area contributed by atoms with Crippen molar-refractivity contribution >= 4 is 23.4 Å². The first-order valence-corrected chi connectivity index (χ1v) is 7.78. The van der Waals surface area contributed by atoms with Gasteiger partial charge in [-0.2, -0.15) is 0 Å². The van der Waals surface area contributed by atoms with Crippen LogP contribution in [0.1, 0.15) is 32.3 Å². The van der Waals surface area contributed by atoms with Crippen LogP contribution >= 0.6 is 11.6 Å². The zero-order valence-corrected chi connectivity index (χ0v) is 14.1. The number of ether oxygens (including phenoxy) is 1. The number of nitrogens with one attached hydrogen (secondary N) is 2. The lowest BCUT2D eigenvalue weighted by atomic mass is 10.0. The van der Waals surface area contributed by atoms with Crippen molar-refractivity contribution in [2.75, 3.05) is 5.32 Å². The Kier molecular flexibility index (Phi) is 5.82. The monoisotopic (exact) mass is 333 g/mol. The quantitative estimate of drug-likeness (QED) is 0.797. The molecule has 122 valence electrons. The molecular formula is C17H20ClN3O2. The molecule has 0 radical (unpaired) electrons. The number of pyridine rings is 1. The van der Waals surface area contributed by atoms with Crippen molar-refractivity contribution in [2.24, 2.45) is 0 Å². The third kappa shape index (κ3) is 5.14. The van der Waals surface area contributed by atoms with E-state index < -0.39 is 12.3 Å². The largest absolute Gasteiger partial charge is 0.471 e. The molecule has 0 aliphatic carbocycles. The molecule has 1 aromatic carbocycles. The minimum atomic E-state index is -0.484. The second kappa shape index (κ2) is 7.83. The highest BCUT2D eigenvalue weighted by Gasteiger charge is 2.12. The fourth-order valence-electron chi connectivity index (χ4n) is 2.07. The zero-order chi connectivity index (χ0) is 16.8. The highest BCUT2D eigenvalue weighted by Crippen LogP contribution is 2.26. The van der Waals surface area contributed by atoms with Crippen LogP contribution in [0.5, 0.6) is 5.75 Å². The maximum atomic E-state index is 11.9. The second-order valence-electron chi connectivity index (χ2n) is 5.41. The van der Waals surface area contributed by atoms with E-state index in [2.05, 4.69) is 29.5 Å². The number of carbonyl (C=O) groups excluding carboxylic acids is 1. The number of halogens is 1. The van der Waals surface area contributed by atoms with E-state index in [9.17, 15) is 4.79 Å². The summed E-state index contributed by atoms with van der Waals surface area (Å²) >= 11 is 5.75. The number of carbonyl (C=O) groups is 1. The molecule has 6 heteroatoms. The maximum Gasteiger partial charge on any atom is 0.323 e. The molecule has 2 rings (SSSR count). The van der Waals surface area contributed by atoms with E-state index in [1.54, 1.807) is 19.1 Å². The minimum absolute atomic E-state index is 0.338. The summed E-state index contributed by atoms with van der Waals surface area (Å²) in [7, 11) is 0. The molecule has 1 unspecified atom stereocenters. The molecular weight excluding hydrogens is 314 g/mol. The standard InChI is InChI=1S/C17H20ClN3O2/c1-11(2)14-6-4-5-7-15(14)23-12(3)20-17(22)21-16-9-8-13(18)10-19-16/h4-12H,1-3H3,(H2,19,20,21,22). The minimum Gasteiger partial charge on any atom is -0.471 e. The molecule has 2 N–H and O–H groups in total. The second-order valence-corrected chi connectivity index (χ2v) is 5.85. The Morgan fingerprint density at radius 2 is 1.91 bits per heavy atom. The Balaban J connectivity index is 1.93. The van der Waals surface area contributed by atoms with Gasteiger partial charge in [0.2, 0.25) is 0 Å². The molecule has 2 aromatic rings. The first-order valence-electron chi connectivity index (χ1n) is 7.40. The molecule has 1 atom stereocenters. The SMILES string of the molecule is CC(NC(=O)Nc1ccc(Cl)cn1)Oc1ccccc1C(C)C. The third-order valence-corrected chi connectivity index (χ3v) is 3.37. The number of rotatable bonds is 5. The van der Waals surface area contributed by atoms with Gasteiger partial charge in [-0.3, -0.25) is 5.32 Å². The van der Waals surface area contributed by atoms with E-state index in [4.69, 9.17) is 16.3 Å². The fourth-order valence-corrected chi connectivity index (χ4v) is 2.18. The lowest BCUT2D eigenvalue weighted by Crippen LogP contribution is -2.39. The molecule has 0 bridgehead atoms. The first-order chi connectivity index (χ1) is 11.0. The van der Waals surface area contributed by atoms with E-state index in [0.29, 0.717) is 16.8 Å². The van der Waals surface area contributed by atoms with E-state index in [1.807, 2.05) is 24.3 Å². The Morgan fingerprint density at radius 3 is 2.57 bits per heavy atom. The van der Waals surface area contributed by atoms with Crippen molar-refractivity contribution in [2.45, 2.75) is 32.9 Å². The molecule has 0 spiro atoms. The number of amides is 2. The summed E-state index contributed by atoms with van der Waals surface area (Å²) in [4.78, 5) is 15.9. The van der Waals surface area contributed by atoms with Crippen LogP contribution < -0.4 is 15.4 Å². The number of nitrogens with zero attached hydrogens (tertiary/aromatic N) is 1. The van der Waals surface area contributed by atoms with Gasteiger partial charge in [-0.15, -0.1) is 0 Å². The number of hydrogen-bond donors (Lipinski definition) is 2. The average Bonchev–Trinajstić information content (AvgIpc) is 2.49. The molecule has 23 heavy (non-hydrogen) atoms. The van der Waals surface area contributed by atoms with Crippen LogP contribution in [0.3, 0.4) is 0 Å². The predicted molar refractivity (Wildman–Crippen MR) is 92.0 cm³/mol. The molecule has 0 aliphatic heterocycles. The van der Waals surface area contributed by atoms with Gasteiger partial charge >= 0.3 is 6.03 Å².